The van der Waals surface area contributed by atoms with Crippen molar-refractivity contribution in [1.29, 1.82) is 5.26 Å². The Hall–Kier alpha value is -5.13. The van der Waals surface area contributed by atoms with Gasteiger partial charge in [-0.05, 0) is 77.4 Å². The third-order valence-electron chi connectivity index (χ3n) is 6.92. The zero-order valence-corrected chi connectivity index (χ0v) is 21.2. The molecule has 6 aromatic carbocycles. The molecule has 2 nitrogen and oxygen atoms in total. The Morgan fingerprint density at radius 1 is 0.553 bits per heavy atom. The molecule has 0 unspecified atom stereocenters. The Morgan fingerprint density at radius 2 is 1.13 bits per heavy atom. The number of hydrogen-bond acceptors (Lipinski definition) is 2. The summed E-state index contributed by atoms with van der Waals surface area (Å²) < 4.78 is 0. The second kappa shape index (κ2) is 10.1. The van der Waals surface area contributed by atoms with E-state index in [4.69, 9.17) is 0 Å². The number of nitrogens with zero attached hydrogens (tertiary/aromatic N) is 2. The number of benzene rings is 6. The summed E-state index contributed by atoms with van der Waals surface area (Å²) in [6.45, 7) is 2.11. The molecule has 0 spiro atoms. The van der Waals surface area contributed by atoms with Crippen LogP contribution in [-0.4, -0.2) is 0 Å². The summed E-state index contributed by atoms with van der Waals surface area (Å²) in [5, 5.41) is 14.0. The lowest BCUT2D eigenvalue weighted by molar-refractivity contribution is 1.27. The molecule has 0 saturated heterocycles. The first-order chi connectivity index (χ1) is 18.7. The molecule has 2 heteroatoms. The molecule has 180 valence electrons. The monoisotopic (exact) mass is 486 g/mol. The van der Waals surface area contributed by atoms with Gasteiger partial charge in [0.15, 0.2) is 0 Å². The van der Waals surface area contributed by atoms with Crippen LogP contribution in [0.2, 0.25) is 0 Å². The van der Waals surface area contributed by atoms with Gasteiger partial charge in [-0.3, -0.25) is 0 Å². The van der Waals surface area contributed by atoms with Crippen molar-refractivity contribution in [1.82, 2.24) is 0 Å². The van der Waals surface area contributed by atoms with Crippen LogP contribution in [0.15, 0.2) is 127 Å². The first-order valence-corrected chi connectivity index (χ1v) is 12.8. The molecular weight excluding hydrogens is 460 g/mol. The molecule has 0 aliphatic heterocycles. The van der Waals surface area contributed by atoms with Gasteiger partial charge in [-0.1, -0.05) is 96.6 Å². The SMILES string of the molecule is Cc1ccc(N(c2ccccc2)c2ccc(/C=C/c3ccc4c(C#N)c5ccccc5cc4c3)cc2)cc1. The molecule has 0 N–H and O–H groups in total. The highest BCUT2D eigenvalue weighted by molar-refractivity contribution is 6.05. The van der Waals surface area contributed by atoms with Crippen LogP contribution in [0, 0.1) is 18.3 Å². The maximum absolute atomic E-state index is 9.81. The van der Waals surface area contributed by atoms with Crippen LogP contribution in [0.5, 0.6) is 0 Å². The van der Waals surface area contributed by atoms with E-state index in [1.165, 1.54) is 5.56 Å². The van der Waals surface area contributed by atoms with Gasteiger partial charge in [0.05, 0.1) is 5.56 Å². The molecule has 0 radical (unpaired) electrons. The zero-order chi connectivity index (χ0) is 25.9. The van der Waals surface area contributed by atoms with E-state index in [1.807, 2.05) is 24.3 Å². The van der Waals surface area contributed by atoms with Crippen molar-refractivity contribution in [2.75, 3.05) is 4.90 Å². The number of para-hydroxylation sites is 1. The van der Waals surface area contributed by atoms with E-state index in [9.17, 15) is 5.26 Å². The fourth-order valence-electron chi connectivity index (χ4n) is 4.96. The Balaban J connectivity index is 1.31. The summed E-state index contributed by atoms with van der Waals surface area (Å²) in [5.74, 6) is 0. The minimum Gasteiger partial charge on any atom is -0.311 e. The van der Waals surface area contributed by atoms with Gasteiger partial charge in [0, 0.05) is 27.8 Å². The minimum absolute atomic E-state index is 0.737. The van der Waals surface area contributed by atoms with Crippen LogP contribution < -0.4 is 4.90 Å². The van der Waals surface area contributed by atoms with Crippen molar-refractivity contribution in [3.63, 3.8) is 0 Å². The van der Waals surface area contributed by atoms with E-state index in [0.29, 0.717) is 0 Å². The average molecular weight is 487 g/mol. The molecule has 0 aromatic heterocycles. The third kappa shape index (κ3) is 4.54. The van der Waals surface area contributed by atoms with Crippen LogP contribution >= 0.6 is 0 Å². The Morgan fingerprint density at radius 3 is 1.87 bits per heavy atom. The van der Waals surface area contributed by atoms with E-state index in [1.54, 1.807) is 0 Å². The summed E-state index contributed by atoms with van der Waals surface area (Å²) in [4.78, 5) is 2.27. The zero-order valence-electron chi connectivity index (χ0n) is 21.2. The van der Waals surface area contributed by atoms with Crippen LogP contribution in [0.1, 0.15) is 22.3 Å². The van der Waals surface area contributed by atoms with Crippen LogP contribution in [0.25, 0.3) is 33.7 Å². The fraction of sp³-hybridized carbons (Fsp3) is 0.0278. The summed E-state index contributed by atoms with van der Waals surface area (Å²) in [5.41, 5.74) is 7.58. The molecule has 0 bridgehead atoms. The van der Waals surface area contributed by atoms with Crippen molar-refractivity contribution in [3.05, 3.63) is 150 Å². The van der Waals surface area contributed by atoms with Crippen LogP contribution in [0.4, 0.5) is 17.1 Å². The van der Waals surface area contributed by atoms with Crippen molar-refractivity contribution < 1.29 is 0 Å². The van der Waals surface area contributed by atoms with Gasteiger partial charge in [0.1, 0.15) is 6.07 Å². The number of aryl methyl sites for hydroxylation is 1. The Kier molecular flexibility index (Phi) is 6.18. The number of nitriles is 1. The van der Waals surface area contributed by atoms with Gasteiger partial charge >= 0.3 is 0 Å². The maximum atomic E-state index is 9.81. The molecule has 6 rings (SSSR count). The van der Waals surface area contributed by atoms with Crippen molar-refractivity contribution in [3.8, 4) is 6.07 Å². The molecule has 0 aliphatic rings. The first kappa shape index (κ1) is 23.3. The van der Waals surface area contributed by atoms with Gasteiger partial charge in [-0.25, -0.2) is 0 Å². The maximum Gasteiger partial charge on any atom is 0.100 e. The lowest BCUT2D eigenvalue weighted by Crippen LogP contribution is -2.09. The quantitative estimate of drug-likeness (QED) is 0.179. The molecule has 38 heavy (non-hydrogen) atoms. The van der Waals surface area contributed by atoms with Crippen LogP contribution in [-0.2, 0) is 0 Å². The predicted molar refractivity (Wildman–Crippen MR) is 161 cm³/mol. The summed E-state index contributed by atoms with van der Waals surface area (Å²) in [6, 6.07) is 46.6. The number of anilines is 3. The number of fused-ring (bicyclic) bond motifs is 2. The standard InChI is InChI=1S/C36H26N2/c1-26-11-18-32(19-12-26)38(31-8-3-2-4-9-31)33-20-15-27(16-21-33)13-14-28-17-22-35-30(23-28)24-29-7-5-6-10-34(29)36(35)25-37/h2-24H,1H3/b14-13+. The molecule has 0 fully saturated rings. The lowest BCUT2D eigenvalue weighted by Gasteiger charge is -2.25. The predicted octanol–water partition coefficient (Wildman–Crippen LogP) is 9.81. The second-order valence-electron chi connectivity index (χ2n) is 9.50. The first-order valence-electron chi connectivity index (χ1n) is 12.8. The highest BCUT2D eigenvalue weighted by atomic mass is 15.1. The molecule has 0 aliphatic carbocycles. The van der Waals surface area contributed by atoms with E-state index < -0.39 is 0 Å². The van der Waals surface area contributed by atoms with Gasteiger partial charge in [-0.15, -0.1) is 0 Å². The molecular formula is C36H26N2. The average Bonchev–Trinajstić information content (AvgIpc) is 2.97. The third-order valence-corrected chi connectivity index (χ3v) is 6.92. The Bertz CT molecular complexity index is 1810. The summed E-state index contributed by atoms with van der Waals surface area (Å²) in [6.07, 6.45) is 4.26. The van der Waals surface area contributed by atoms with Gasteiger partial charge in [-0.2, -0.15) is 5.26 Å². The van der Waals surface area contributed by atoms with Crippen LogP contribution in [0.3, 0.4) is 0 Å². The normalized spacial score (nSPS) is 11.2. The van der Waals surface area contributed by atoms with E-state index >= 15 is 0 Å². The molecule has 6 aromatic rings. The highest BCUT2D eigenvalue weighted by Crippen LogP contribution is 2.35. The summed E-state index contributed by atoms with van der Waals surface area (Å²) in [7, 11) is 0. The molecule has 0 saturated carbocycles. The van der Waals surface area contributed by atoms with Crippen molar-refractivity contribution in [2.24, 2.45) is 0 Å². The van der Waals surface area contributed by atoms with Crippen molar-refractivity contribution in [2.45, 2.75) is 6.92 Å². The fourth-order valence-corrected chi connectivity index (χ4v) is 4.96. The topological polar surface area (TPSA) is 27.0 Å². The highest BCUT2D eigenvalue weighted by Gasteiger charge is 2.12. The number of rotatable bonds is 5. The number of hydrogen-bond donors (Lipinski definition) is 0. The lowest BCUT2D eigenvalue weighted by atomic mass is 9.96. The van der Waals surface area contributed by atoms with Gasteiger partial charge < -0.3 is 4.90 Å². The second-order valence-corrected chi connectivity index (χ2v) is 9.50. The van der Waals surface area contributed by atoms with Crippen molar-refractivity contribution >= 4 is 50.8 Å². The van der Waals surface area contributed by atoms with Gasteiger partial charge in [0.25, 0.3) is 0 Å². The van der Waals surface area contributed by atoms with E-state index in [2.05, 4.69) is 133 Å². The summed E-state index contributed by atoms with van der Waals surface area (Å²) >= 11 is 0. The molecule has 0 heterocycles. The minimum atomic E-state index is 0.737. The molecule has 0 atom stereocenters. The van der Waals surface area contributed by atoms with E-state index in [0.717, 1.165) is 55.3 Å². The van der Waals surface area contributed by atoms with E-state index in [-0.39, 0.29) is 0 Å². The largest absolute Gasteiger partial charge is 0.311 e. The smallest absolute Gasteiger partial charge is 0.100 e. The van der Waals surface area contributed by atoms with Gasteiger partial charge in [0.2, 0.25) is 0 Å². The Labute approximate surface area is 223 Å². The molecule has 0 amide bonds.